The van der Waals surface area contributed by atoms with Gasteiger partial charge in [0, 0.05) is 6.54 Å². The van der Waals surface area contributed by atoms with Crippen LogP contribution in [0.4, 0.5) is 0 Å². The van der Waals surface area contributed by atoms with Crippen LogP contribution in [-0.2, 0) is 18.4 Å². The summed E-state index contributed by atoms with van der Waals surface area (Å²) in [6, 6.07) is -0.975. The Labute approximate surface area is 282 Å². The fourth-order valence-corrected chi connectivity index (χ4v) is 6.29. The highest BCUT2D eigenvalue weighted by molar-refractivity contribution is 7.47. The van der Waals surface area contributed by atoms with Crippen LogP contribution in [0.2, 0.25) is 0 Å². The largest absolute Gasteiger partial charge is 0.472 e. The van der Waals surface area contributed by atoms with E-state index in [0.29, 0.717) is 6.42 Å². The summed E-state index contributed by atoms with van der Waals surface area (Å²) in [6.45, 7) is 3.94. The zero-order valence-corrected chi connectivity index (χ0v) is 30.6. The van der Waals surface area contributed by atoms with Crippen molar-refractivity contribution in [3.63, 3.8) is 0 Å². The third-order valence-electron chi connectivity index (χ3n) is 8.42. The summed E-state index contributed by atoms with van der Waals surface area (Å²) in [5, 5.41) is 23.9. The number of carbonyl (C=O) groups excluding carboxylic acids is 1. The lowest BCUT2D eigenvalue weighted by Gasteiger charge is -2.24. The van der Waals surface area contributed by atoms with Crippen molar-refractivity contribution in [2.75, 3.05) is 19.8 Å². The molecule has 0 aliphatic carbocycles. The molecule has 0 aromatic rings. The highest BCUT2D eigenvalue weighted by Gasteiger charge is 2.27. The van der Waals surface area contributed by atoms with Crippen LogP contribution in [0.15, 0.2) is 12.2 Å². The van der Waals surface area contributed by atoms with E-state index >= 15 is 0 Å². The van der Waals surface area contributed by atoms with E-state index in [1.165, 1.54) is 109 Å². The molecule has 4 atom stereocenters. The SMILES string of the molecule is CCCCCCCCCCCC/C=C/C(O)C(COP(=O)(O)OCCN)NC(=O)CC(O)CCCCCCCCCCCCCC. The maximum absolute atomic E-state index is 12.7. The van der Waals surface area contributed by atoms with Crippen LogP contribution in [0.1, 0.15) is 174 Å². The summed E-state index contributed by atoms with van der Waals surface area (Å²) >= 11 is 0. The number of unbranched alkanes of at least 4 members (excludes halogenated alkanes) is 21. The van der Waals surface area contributed by atoms with Crippen LogP contribution in [0, 0.1) is 0 Å². The molecule has 9 nitrogen and oxygen atoms in total. The molecule has 0 aromatic carbocycles. The molecular formula is C36H73N2O7P. The highest BCUT2D eigenvalue weighted by Crippen LogP contribution is 2.43. The van der Waals surface area contributed by atoms with Crippen molar-refractivity contribution in [1.29, 1.82) is 0 Å². The molecule has 46 heavy (non-hydrogen) atoms. The number of nitrogens with two attached hydrogens (primary N) is 1. The smallest absolute Gasteiger partial charge is 0.393 e. The van der Waals surface area contributed by atoms with Crippen molar-refractivity contribution < 1.29 is 33.5 Å². The van der Waals surface area contributed by atoms with Crippen LogP contribution < -0.4 is 11.1 Å². The van der Waals surface area contributed by atoms with Crippen molar-refractivity contribution in [2.45, 2.75) is 193 Å². The maximum atomic E-state index is 12.7. The van der Waals surface area contributed by atoms with Gasteiger partial charge in [-0.15, -0.1) is 0 Å². The lowest BCUT2D eigenvalue weighted by Crippen LogP contribution is -2.46. The first kappa shape index (κ1) is 45.2. The average molecular weight is 677 g/mol. The first-order chi connectivity index (χ1) is 22.3. The lowest BCUT2D eigenvalue weighted by atomic mass is 10.0. The van der Waals surface area contributed by atoms with E-state index in [0.717, 1.165) is 38.5 Å². The first-order valence-electron chi connectivity index (χ1n) is 18.9. The zero-order valence-electron chi connectivity index (χ0n) is 29.7. The molecule has 274 valence electrons. The highest BCUT2D eigenvalue weighted by atomic mass is 31.2. The minimum atomic E-state index is -4.39. The number of allylic oxidation sites excluding steroid dienone is 1. The number of phosphoric acid groups is 1. The van der Waals surface area contributed by atoms with Crippen LogP contribution >= 0.6 is 7.82 Å². The Bertz CT molecular complexity index is 756. The molecule has 0 spiro atoms. The molecule has 0 rings (SSSR count). The van der Waals surface area contributed by atoms with Gasteiger partial charge in [-0.2, -0.15) is 0 Å². The van der Waals surface area contributed by atoms with Gasteiger partial charge >= 0.3 is 7.82 Å². The quantitative estimate of drug-likeness (QED) is 0.0254. The van der Waals surface area contributed by atoms with E-state index in [-0.39, 0.29) is 19.6 Å². The second-order valence-corrected chi connectivity index (χ2v) is 14.4. The Hall–Kier alpha value is -0.800. The van der Waals surface area contributed by atoms with Crippen molar-refractivity contribution in [2.24, 2.45) is 5.73 Å². The van der Waals surface area contributed by atoms with E-state index in [9.17, 15) is 24.5 Å². The number of amides is 1. The van der Waals surface area contributed by atoms with Gasteiger partial charge in [0.1, 0.15) is 0 Å². The third kappa shape index (κ3) is 30.5. The molecule has 0 saturated heterocycles. The third-order valence-corrected chi connectivity index (χ3v) is 9.40. The average Bonchev–Trinajstić information content (AvgIpc) is 3.03. The second-order valence-electron chi connectivity index (χ2n) is 13.0. The molecular weight excluding hydrogens is 603 g/mol. The Morgan fingerprint density at radius 3 is 1.67 bits per heavy atom. The summed E-state index contributed by atoms with van der Waals surface area (Å²) in [7, 11) is -4.39. The number of carbonyl (C=O) groups is 1. The van der Waals surface area contributed by atoms with Crippen molar-refractivity contribution in [3.05, 3.63) is 12.2 Å². The van der Waals surface area contributed by atoms with Crippen LogP contribution in [-0.4, -0.2) is 59.0 Å². The van der Waals surface area contributed by atoms with Crippen LogP contribution in [0.5, 0.6) is 0 Å². The number of phosphoric ester groups is 1. The molecule has 0 bridgehead atoms. The summed E-state index contributed by atoms with van der Waals surface area (Å²) in [6.07, 6.45) is 30.1. The molecule has 0 saturated carbocycles. The van der Waals surface area contributed by atoms with E-state index in [1.54, 1.807) is 6.08 Å². The minimum Gasteiger partial charge on any atom is -0.393 e. The Morgan fingerprint density at radius 1 is 0.739 bits per heavy atom. The predicted molar refractivity (Wildman–Crippen MR) is 191 cm³/mol. The Morgan fingerprint density at radius 2 is 1.20 bits per heavy atom. The molecule has 0 radical (unpaired) electrons. The number of rotatable bonds is 35. The van der Waals surface area contributed by atoms with Gasteiger partial charge in [-0.1, -0.05) is 161 Å². The van der Waals surface area contributed by atoms with Gasteiger partial charge in [0.2, 0.25) is 5.91 Å². The first-order valence-corrected chi connectivity index (χ1v) is 20.4. The van der Waals surface area contributed by atoms with E-state index < -0.39 is 38.6 Å². The molecule has 0 aliphatic rings. The summed E-state index contributed by atoms with van der Waals surface area (Å²) in [5.41, 5.74) is 5.34. The number of nitrogens with one attached hydrogen (secondary N) is 1. The standard InChI is InChI=1S/C36H73N2O7P/c1-3-5-7-9-11-13-15-17-19-21-23-25-27-33(39)31-36(41)38-34(32-45-46(42,43)44-30-29-37)35(40)28-26-24-22-20-18-16-14-12-10-8-6-4-2/h26,28,33-35,39-40H,3-25,27,29-32,37H2,1-2H3,(H,38,41)(H,42,43)/b28-26+. The van der Waals surface area contributed by atoms with Gasteiger partial charge in [-0.25, -0.2) is 4.57 Å². The summed E-state index contributed by atoms with van der Waals surface area (Å²) in [5.74, 6) is -0.446. The molecule has 6 N–H and O–H groups in total. The van der Waals surface area contributed by atoms with Crippen molar-refractivity contribution >= 4 is 13.7 Å². The van der Waals surface area contributed by atoms with Gasteiger partial charge in [-0.05, 0) is 19.3 Å². The lowest BCUT2D eigenvalue weighted by molar-refractivity contribution is -0.124. The van der Waals surface area contributed by atoms with Gasteiger partial charge in [0.05, 0.1) is 37.9 Å². The number of aliphatic hydroxyl groups is 2. The van der Waals surface area contributed by atoms with E-state index in [4.69, 9.17) is 14.8 Å². The van der Waals surface area contributed by atoms with Crippen molar-refractivity contribution in [3.8, 4) is 0 Å². The molecule has 0 heterocycles. The van der Waals surface area contributed by atoms with Gasteiger partial charge in [0.25, 0.3) is 0 Å². The fraction of sp³-hybridized carbons (Fsp3) is 0.917. The molecule has 4 unspecified atom stereocenters. The minimum absolute atomic E-state index is 0.0511. The fourth-order valence-electron chi connectivity index (χ4n) is 5.53. The number of aliphatic hydroxyl groups excluding tert-OH is 2. The molecule has 0 fully saturated rings. The second kappa shape index (κ2) is 32.7. The maximum Gasteiger partial charge on any atom is 0.472 e. The van der Waals surface area contributed by atoms with Gasteiger partial charge in [-0.3, -0.25) is 13.8 Å². The Kier molecular flexibility index (Phi) is 32.2. The van der Waals surface area contributed by atoms with Crippen LogP contribution in [0.25, 0.3) is 0 Å². The van der Waals surface area contributed by atoms with E-state index in [2.05, 4.69) is 19.2 Å². The zero-order chi connectivity index (χ0) is 34.1. The molecule has 0 aliphatic heterocycles. The predicted octanol–water partition coefficient (Wildman–Crippen LogP) is 8.63. The number of hydrogen-bond donors (Lipinski definition) is 5. The molecule has 0 aromatic heterocycles. The van der Waals surface area contributed by atoms with E-state index in [1.807, 2.05) is 6.08 Å². The summed E-state index contributed by atoms with van der Waals surface area (Å²) < 4.78 is 22.0. The topological polar surface area (TPSA) is 151 Å². The van der Waals surface area contributed by atoms with Crippen LogP contribution in [0.3, 0.4) is 0 Å². The molecule has 10 heteroatoms. The molecule has 1 amide bonds. The Balaban J connectivity index is 4.44. The monoisotopic (exact) mass is 677 g/mol. The van der Waals surface area contributed by atoms with Gasteiger partial charge in [0.15, 0.2) is 0 Å². The number of hydrogen-bond acceptors (Lipinski definition) is 7. The van der Waals surface area contributed by atoms with Gasteiger partial charge < -0.3 is 26.2 Å². The normalized spacial score (nSPS) is 15.2. The van der Waals surface area contributed by atoms with Crippen molar-refractivity contribution in [1.82, 2.24) is 5.32 Å². The summed E-state index contributed by atoms with van der Waals surface area (Å²) in [4.78, 5) is 22.6.